The van der Waals surface area contributed by atoms with Crippen LogP contribution in [0.25, 0.3) is 0 Å². The third kappa shape index (κ3) is 5.21. The molecule has 1 aliphatic heterocycles. The maximum absolute atomic E-state index is 14.0. The van der Waals surface area contributed by atoms with Gasteiger partial charge in [0.25, 0.3) is 11.8 Å². The van der Waals surface area contributed by atoms with Gasteiger partial charge in [0, 0.05) is 31.7 Å². The van der Waals surface area contributed by atoms with Crippen LogP contribution in [0.15, 0.2) is 71.6 Å². The van der Waals surface area contributed by atoms with Crippen LogP contribution in [-0.4, -0.2) is 55.6 Å². The van der Waals surface area contributed by atoms with Gasteiger partial charge in [-0.25, -0.2) is 17.2 Å². The van der Waals surface area contributed by atoms with E-state index in [1.165, 1.54) is 35.2 Å². The van der Waals surface area contributed by atoms with Gasteiger partial charge in [-0.3, -0.25) is 9.59 Å². The molecule has 0 aromatic heterocycles. The number of sulfonamides is 1. The van der Waals surface area contributed by atoms with Gasteiger partial charge in [0.15, 0.2) is 0 Å². The minimum atomic E-state index is -4.02. The molecule has 0 spiro atoms. The molecular weight excluding hydrogens is 492 g/mol. The van der Waals surface area contributed by atoms with Crippen molar-refractivity contribution in [2.45, 2.75) is 11.5 Å². The van der Waals surface area contributed by atoms with E-state index >= 15 is 0 Å². The number of amides is 2. The van der Waals surface area contributed by atoms with Crippen LogP contribution in [0.1, 0.15) is 26.3 Å². The summed E-state index contributed by atoms with van der Waals surface area (Å²) in [5.41, 5.74) is 5.84. The summed E-state index contributed by atoms with van der Waals surface area (Å²) in [6, 6.07) is 15.7. The summed E-state index contributed by atoms with van der Waals surface area (Å²) in [5, 5.41) is 0. The Labute approximate surface area is 206 Å². The van der Waals surface area contributed by atoms with Crippen LogP contribution in [-0.2, 0) is 16.6 Å². The van der Waals surface area contributed by atoms with Crippen molar-refractivity contribution < 1.29 is 31.5 Å². The van der Waals surface area contributed by atoms with Crippen molar-refractivity contribution in [3.8, 4) is 5.75 Å². The molecule has 0 bridgehead atoms. The molecule has 0 atom stereocenters. The zero-order chi connectivity index (χ0) is 25.9. The zero-order valence-electron chi connectivity index (χ0n) is 19.1. The number of primary amides is 1. The van der Waals surface area contributed by atoms with Crippen LogP contribution in [0.2, 0.25) is 0 Å². The van der Waals surface area contributed by atoms with Crippen molar-refractivity contribution in [1.29, 1.82) is 0 Å². The quantitative estimate of drug-likeness (QED) is 0.520. The SMILES string of the molecule is NC(=O)c1c(F)cccc1OCc1cccc(C(=O)N2CCN(S(=O)(=O)c3ccccc3F)CC2)c1. The Balaban J connectivity index is 1.41. The first-order valence-corrected chi connectivity index (χ1v) is 12.5. The lowest BCUT2D eigenvalue weighted by Gasteiger charge is -2.34. The van der Waals surface area contributed by atoms with Gasteiger partial charge < -0.3 is 15.4 Å². The fraction of sp³-hybridized carbons (Fsp3) is 0.200. The predicted octanol–water partition coefficient (Wildman–Crippen LogP) is 2.79. The second kappa shape index (κ2) is 10.4. The number of carbonyl (C=O) groups excluding carboxylic acids is 2. The molecule has 2 N–H and O–H groups in total. The number of ether oxygens (including phenoxy) is 1. The molecule has 1 heterocycles. The first kappa shape index (κ1) is 25.3. The normalized spacial score (nSPS) is 14.4. The van der Waals surface area contributed by atoms with Crippen molar-refractivity contribution in [2.75, 3.05) is 26.2 Å². The van der Waals surface area contributed by atoms with Crippen LogP contribution in [0.5, 0.6) is 5.75 Å². The van der Waals surface area contributed by atoms with Gasteiger partial charge >= 0.3 is 0 Å². The fourth-order valence-corrected chi connectivity index (χ4v) is 5.41. The third-order valence-corrected chi connectivity index (χ3v) is 7.70. The summed E-state index contributed by atoms with van der Waals surface area (Å²) >= 11 is 0. The highest BCUT2D eigenvalue weighted by Gasteiger charge is 2.32. The Morgan fingerprint density at radius 2 is 1.56 bits per heavy atom. The first-order valence-electron chi connectivity index (χ1n) is 11.0. The fourth-order valence-electron chi connectivity index (χ4n) is 3.93. The Kier molecular flexibility index (Phi) is 7.32. The van der Waals surface area contributed by atoms with Gasteiger partial charge in [-0.05, 0) is 42.0 Å². The number of nitrogens with zero attached hydrogens (tertiary/aromatic N) is 2. The number of hydrogen-bond donors (Lipinski definition) is 1. The van der Waals surface area contributed by atoms with E-state index in [1.807, 2.05) is 0 Å². The van der Waals surface area contributed by atoms with Gasteiger partial charge in [0.1, 0.15) is 34.4 Å². The molecule has 8 nitrogen and oxygen atoms in total. The Hall–Kier alpha value is -3.83. The summed E-state index contributed by atoms with van der Waals surface area (Å²) in [6.45, 7) is 0.290. The molecular formula is C25H23F2N3O5S. The van der Waals surface area contributed by atoms with E-state index in [-0.39, 0.29) is 50.0 Å². The molecule has 0 radical (unpaired) electrons. The number of nitrogens with two attached hydrogens (primary N) is 1. The van der Waals surface area contributed by atoms with E-state index < -0.39 is 32.5 Å². The van der Waals surface area contributed by atoms with Crippen LogP contribution < -0.4 is 10.5 Å². The minimum Gasteiger partial charge on any atom is -0.488 e. The lowest BCUT2D eigenvalue weighted by Crippen LogP contribution is -2.50. The molecule has 1 fully saturated rings. The van der Waals surface area contributed by atoms with E-state index in [1.54, 1.807) is 24.3 Å². The predicted molar refractivity (Wildman–Crippen MR) is 127 cm³/mol. The molecule has 1 aliphatic rings. The maximum atomic E-state index is 14.0. The number of benzene rings is 3. The maximum Gasteiger partial charge on any atom is 0.255 e. The Bertz CT molecular complexity index is 1410. The molecule has 0 unspecified atom stereocenters. The molecule has 11 heteroatoms. The summed E-state index contributed by atoms with van der Waals surface area (Å²) in [5.74, 6) is -2.88. The number of rotatable bonds is 7. The highest BCUT2D eigenvalue weighted by Crippen LogP contribution is 2.23. The van der Waals surface area contributed by atoms with E-state index in [0.717, 1.165) is 16.4 Å². The van der Waals surface area contributed by atoms with Crippen LogP contribution in [0.4, 0.5) is 8.78 Å². The Morgan fingerprint density at radius 3 is 2.25 bits per heavy atom. The van der Waals surface area contributed by atoms with E-state index in [2.05, 4.69) is 0 Å². The summed E-state index contributed by atoms with van der Waals surface area (Å²) in [4.78, 5) is 25.7. The number of halogens is 2. The first-order chi connectivity index (χ1) is 17.2. The topological polar surface area (TPSA) is 110 Å². The van der Waals surface area contributed by atoms with Gasteiger partial charge in [-0.2, -0.15) is 4.31 Å². The zero-order valence-corrected chi connectivity index (χ0v) is 19.9. The van der Waals surface area contributed by atoms with Crippen molar-refractivity contribution in [3.05, 3.63) is 95.1 Å². The molecule has 0 saturated carbocycles. The smallest absolute Gasteiger partial charge is 0.255 e. The summed E-state index contributed by atoms with van der Waals surface area (Å²) in [6.07, 6.45) is 0. The third-order valence-electron chi connectivity index (χ3n) is 5.77. The van der Waals surface area contributed by atoms with E-state index in [0.29, 0.717) is 11.1 Å². The van der Waals surface area contributed by atoms with Gasteiger partial charge in [-0.15, -0.1) is 0 Å². The average Bonchev–Trinajstić information content (AvgIpc) is 2.87. The van der Waals surface area contributed by atoms with Crippen LogP contribution in [0.3, 0.4) is 0 Å². The largest absolute Gasteiger partial charge is 0.488 e. The Morgan fingerprint density at radius 1 is 0.889 bits per heavy atom. The van der Waals surface area contributed by atoms with Crippen LogP contribution >= 0.6 is 0 Å². The lowest BCUT2D eigenvalue weighted by molar-refractivity contribution is 0.0697. The van der Waals surface area contributed by atoms with Crippen molar-refractivity contribution in [1.82, 2.24) is 9.21 Å². The minimum absolute atomic E-state index is 0.00795. The molecule has 4 rings (SSSR count). The van der Waals surface area contributed by atoms with Crippen molar-refractivity contribution >= 4 is 21.8 Å². The van der Waals surface area contributed by atoms with Crippen molar-refractivity contribution in [3.63, 3.8) is 0 Å². The standard InChI is InChI=1S/C25H23F2N3O5S/c26-19-7-1-2-10-22(19)36(33,34)30-13-11-29(12-14-30)25(32)18-6-3-5-17(15-18)16-35-21-9-4-8-20(27)23(21)24(28)31/h1-10,15H,11-14,16H2,(H2,28,31). The molecule has 3 aromatic carbocycles. The number of carbonyl (C=O) groups is 2. The van der Waals surface area contributed by atoms with E-state index in [4.69, 9.17) is 10.5 Å². The monoisotopic (exact) mass is 515 g/mol. The number of hydrogen-bond acceptors (Lipinski definition) is 5. The number of piperazine rings is 1. The van der Waals surface area contributed by atoms with E-state index in [9.17, 15) is 26.8 Å². The molecule has 3 aromatic rings. The molecule has 1 saturated heterocycles. The van der Waals surface area contributed by atoms with Gasteiger partial charge in [0.2, 0.25) is 10.0 Å². The highest BCUT2D eigenvalue weighted by atomic mass is 32.2. The molecule has 188 valence electrons. The lowest BCUT2D eigenvalue weighted by atomic mass is 10.1. The van der Waals surface area contributed by atoms with Crippen molar-refractivity contribution in [2.24, 2.45) is 5.73 Å². The highest BCUT2D eigenvalue weighted by molar-refractivity contribution is 7.89. The second-order valence-electron chi connectivity index (χ2n) is 8.09. The average molecular weight is 516 g/mol. The molecule has 0 aliphatic carbocycles. The van der Waals surface area contributed by atoms with Gasteiger partial charge in [-0.1, -0.05) is 30.3 Å². The van der Waals surface area contributed by atoms with Gasteiger partial charge in [0.05, 0.1) is 0 Å². The summed E-state index contributed by atoms with van der Waals surface area (Å²) in [7, 11) is -4.02. The second-order valence-corrected chi connectivity index (χ2v) is 10.00. The summed E-state index contributed by atoms with van der Waals surface area (Å²) < 4.78 is 60.3. The molecule has 36 heavy (non-hydrogen) atoms. The van der Waals surface area contributed by atoms with Crippen LogP contribution in [0, 0.1) is 11.6 Å². The molecule has 2 amide bonds.